The van der Waals surface area contributed by atoms with Crippen LogP contribution in [0.5, 0.6) is 0 Å². The van der Waals surface area contributed by atoms with Crippen molar-refractivity contribution in [3.63, 3.8) is 0 Å². The van der Waals surface area contributed by atoms with Gasteiger partial charge in [-0.25, -0.2) is 4.68 Å². The van der Waals surface area contributed by atoms with Crippen molar-refractivity contribution in [2.75, 3.05) is 0 Å². The molecule has 5 rings (SSSR count). The van der Waals surface area contributed by atoms with Gasteiger partial charge in [-0.3, -0.25) is 9.69 Å². The zero-order chi connectivity index (χ0) is 24.9. The smallest absolute Gasteiger partial charge is 0.252 e. The van der Waals surface area contributed by atoms with Crippen LogP contribution in [-0.2, 0) is 26.1 Å². The highest BCUT2D eigenvalue weighted by Gasteiger charge is 2.26. The Hall–Kier alpha value is -3.62. The second kappa shape index (κ2) is 11.0. The zero-order valence-corrected chi connectivity index (χ0v) is 21.4. The van der Waals surface area contributed by atoms with Crippen molar-refractivity contribution >= 4 is 22.2 Å². The van der Waals surface area contributed by atoms with Crippen LogP contribution in [0.15, 0.2) is 76.9 Å². The average molecular weight is 499 g/mol. The topological polar surface area (TPSA) is 79.7 Å². The van der Waals surface area contributed by atoms with Crippen LogP contribution in [0.2, 0.25) is 0 Å². The summed E-state index contributed by atoms with van der Waals surface area (Å²) >= 11 is 1.72. The maximum absolute atomic E-state index is 13.1. The quantitative estimate of drug-likeness (QED) is 0.283. The van der Waals surface area contributed by atoms with Gasteiger partial charge in [0, 0.05) is 30.1 Å². The molecular formula is C28H30N6OS. The third-order valence-electron chi connectivity index (χ3n) is 6.62. The van der Waals surface area contributed by atoms with Crippen molar-refractivity contribution in [1.29, 1.82) is 0 Å². The molecule has 0 bridgehead atoms. The number of aryl methyl sites for hydroxylation is 3. The summed E-state index contributed by atoms with van der Waals surface area (Å²) in [6.45, 7) is 6.08. The first-order chi connectivity index (χ1) is 17.6. The molecule has 2 aromatic carbocycles. The van der Waals surface area contributed by atoms with Crippen LogP contribution in [0.3, 0.4) is 0 Å². The minimum Gasteiger partial charge on any atom is -0.321 e. The molecule has 0 aliphatic rings. The number of aromatic amines is 1. The first kappa shape index (κ1) is 24.1. The van der Waals surface area contributed by atoms with Crippen molar-refractivity contribution in [2.24, 2.45) is 0 Å². The number of tetrazole rings is 1. The number of pyridine rings is 1. The Morgan fingerprint density at radius 2 is 1.92 bits per heavy atom. The van der Waals surface area contributed by atoms with Gasteiger partial charge in [0.15, 0.2) is 5.82 Å². The van der Waals surface area contributed by atoms with Gasteiger partial charge in [-0.1, -0.05) is 61.5 Å². The van der Waals surface area contributed by atoms with E-state index in [1.807, 2.05) is 41.9 Å². The number of hydrogen-bond acceptors (Lipinski definition) is 6. The number of aromatic nitrogens is 5. The lowest BCUT2D eigenvalue weighted by Crippen LogP contribution is -2.32. The van der Waals surface area contributed by atoms with E-state index in [2.05, 4.69) is 74.1 Å². The van der Waals surface area contributed by atoms with Crippen LogP contribution >= 0.6 is 11.3 Å². The lowest BCUT2D eigenvalue weighted by molar-refractivity contribution is 0.162. The van der Waals surface area contributed by atoms with E-state index >= 15 is 0 Å². The molecule has 0 aliphatic heterocycles. The van der Waals surface area contributed by atoms with Crippen molar-refractivity contribution in [3.05, 3.63) is 110 Å². The second-order valence-corrected chi connectivity index (χ2v) is 10.1. The lowest BCUT2D eigenvalue weighted by Gasteiger charge is -2.30. The maximum atomic E-state index is 13.1. The molecule has 7 nitrogen and oxygen atoms in total. The first-order valence-corrected chi connectivity index (χ1v) is 13.2. The molecule has 0 amide bonds. The van der Waals surface area contributed by atoms with Gasteiger partial charge in [-0.05, 0) is 64.2 Å². The maximum Gasteiger partial charge on any atom is 0.252 e. The monoisotopic (exact) mass is 498 g/mol. The summed E-state index contributed by atoms with van der Waals surface area (Å²) in [6.07, 6.45) is 1.67. The lowest BCUT2D eigenvalue weighted by atomic mass is 10.1. The predicted octanol–water partition coefficient (Wildman–Crippen LogP) is 5.28. The molecule has 0 saturated carbocycles. The number of nitrogens with zero attached hydrogens (tertiary/aromatic N) is 5. The molecule has 1 atom stereocenters. The van der Waals surface area contributed by atoms with Gasteiger partial charge in [0.25, 0.3) is 5.56 Å². The van der Waals surface area contributed by atoms with E-state index in [1.165, 1.54) is 10.4 Å². The molecule has 0 saturated heterocycles. The number of fused-ring (bicyclic) bond motifs is 1. The average Bonchev–Trinajstić information content (AvgIpc) is 3.57. The Bertz CT molecular complexity index is 1480. The zero-order valence-electron chi connectivity index (χ0n) is 20.6. The summed E-state index contributed by atoms with van der Waals surface area (Å²) in [4.78, 5) is 19.8. The Labute approximate surface area is 214 Å². The SMILES string of the molecule is CC[C@@H](c1nnnn1CCc1ccccc1)N(Cc1cccs1)Cc1cc2cccc(C)c2[nH]c1=O. The van der Waals surface area contributed by atoms with E-state index < -0.39 is 0 Å². The van der Waals surface area contributed by atoms with Crippen molar-refractivity contribution in [2.45, 2.75) is 52.4 Å². The van der Waals surface area contributed by atoms with Crippen LogP contribution in [0.25, 0.3) is 10.9 Å². The molecule has 8 heteroatoms. The summed E-state index contributed by atoms with van der Waals surface area (Å²) in [5, 5.41) is 15.9. The molecule has 5 aromatic rings. The summed E-state index contributed by atoms with van der Waals surface area (Å²) in [6, 6.07) is 22.7. The minimum atomic E-state index is -0.0495. The van der Waals surface area contributed by atoms with E-state index in [0.717, 1.165) is 40.7 Å². The molecule has 184 valence electrons. The van der Waals surface area contributed by atoms with Crippen molar-refractivity contribution in [1.82, 2.24) is 30.1 Å². The Morgan fingerprint density at radius 3 is 2.69 bits per heavy atom. The summed E-state index contributed by atoms with van der Waals surface area (Å²) < 4.78 is 1.91. The van der Waals surface area contributed by atoms with E-state index in [-0.39, 0.29) is 11.6 Å². The highest BCUT2D eigenvalue weighted by molar-refractivity contribution is 7.09. The minimum absolute atomic E-state index is 0.0366. The van der Waals surface area contributed by atoms with E-state index in [4.69, 9.17) is 0 Å². The normalized spacial score (nSPS) is 12.4. The molecule has 36 heavy (non-hydrogen) atoms. The highest BCUT2D eigenvalue weighted by Crippen LogP contribution is 2.28. The second-order valence-electron chi connectivity index (χ2n) is 9.07. The van der Waals surface area contributed by atoms with E-state index in [9.17, 15) is 4.79 Å². The predicted molar refractivity (Wildman–Crippen MR) is 144 cm³/mol. The van der Waals surface area contributed by atoms with Crippen LogP contribution in [0, 0.1) is 6.92 Å². The Morgan fingerprint density at radius 1 is 1.06 bits per heavy atom. The van der Waals surface area contributed by atoms with Crippen LogP contribution in [0.1, 0.15) is 46.8 Å². The fourth-order valence-corrected chi connectivity index (χ4v) is 5.47. The van der Waals surface area contributed by atoms with E-state index in [1.54, 1.807) is 11.3 Å². The number of rotatable bonds is 10. The van der Waals surface area contributed by atoms with Crippen LogP contribution in [-0.4, -0.2) is 30.1 Å². The molecule has 0 aliphatic carbocycles. The fourth-order valence-electron chi connectivity index (χ4n) is 4.74. The number of benzene rings is 2. The molecular weight excluding hydrogens is 468 g/mol. The molecule has 3 heterocycles. The van der Waals surface area contributed by atoms with Crippen LogP contribution in [0.4, 0.5) is 0 Å². The third kappa shape index (κ3) is 5.29. The van der Waals surface area contributed by atoms with E-state index in [0.29, 0.717) is 19.6 Å². The fraction of sp³-hybridized carbons (Fsp3) is 0.286. The van der Waals surface area contributed by atoms with Gasteiger partial charge in [0.05, 0.1) is 11.6 Å². The number of para-hydroxylation sites is 1. The van der Waals surface area contributed by atoms with Gasteiger partial charge in [-0.2, -0.15) is 0 Å². The number of H-pyrrole nitrogens is 1. The number of thiophene rings is 1. The largest absolute Gasteiger partial charge is 0.321 e. The highest BCUT2D eigenvalue weighted by atomic mass is 32.1. The Kier molecular flexibility index (Phi) is 7.34. The van der Waals surface area contributed by atoms with Crippen molar-refractivity contribution in [3.8, 4) is 0 Å². The van der Waals surface area contributed by atoms with Gasteiger partial charge in [0.1, 0.15) is 0 Å². The Balaban J connectivity index is 1.46. The van der Waals surface area contributed by atoms with Gasteiger partial charge in [0.2, 0.25) is 0 Å². The molecule has 0 fully saturated rings. The van der Waals surface area contributed by atoms with Crippen molar-refractivity contribution < 1.29 is 0 Å². The molecule has 0 spiro atoms. The summed E-state index contributed by atoms with van der Waals surface area (Å²) in [5.41, 5.74) is 3.90. The molecule has 3 aromatic heterocycles. The van der Waals surface area contributed by atoms with Gasteiger partial charge in [-0.15, -0.1) is 16.4 Å². The standard InChI is InChI=1S/C28H30N6OS/c1-3-25(27-30-31-32-34(27)15-14-21-10-5-4-6-11-21)33(19-24-13-8-16-36-24)18-23-17-22-12-7-9-20(2)26(22)29-28(23)35/h4-13,16-17,25H,3,14-15,18-19H2,1-2H3,(H,29,35)/t25-/m0/s1. The first-order valence-electron chi connectivity index (χ1n) is 12.3. The summed E-state index contributed by atoms with van der Waals surface area (Å²) in [7, 11) is 0. The molecule has 1 N–H and O–H groups in total. The summed E-state index contributed by atoms with van der Waals surface area (Å²) in [5.74, 6) is 0.832. The molecule has 0 unspecified atom stereocenters. The van der Waals surface area contributed by atoms with Gasteiger partial charge < -0.3 is 4.98 Å². The molecule has 0 radical (unpaired) electrons. The van der Waals surface area contributed by atoms with Gasteiger partial charge >= 0.3 is 0 Å². The third-order valence-corrected chi connectivity index (χ3v) is 7.48. The number of hydrogen-bond donors (Lipinski definition) is 1. The van der Waals surface area contributed by atoms with Crippen LogP contribution < -0.4 is 5.56 Å². The number of nitrogens with one attached hydrogen (secondary N) is 1.